The molecule has 3 amide bonds. The first kappa shape index (κ1) is 30.8. The maximum absolute atomic E-state index is 12.9. The fourth-order valence-corrected chi connectivity index (χ4v) is 2.89. The van der Waals surface area contributed by atoms with Gasteiger partial charge >= 0.3 is 17.9 Å². The Morgan fingerprint density at radius 1 is 0.735 bits per heavy atom. The summed E-state index contributed by atoms with van der Waals surface area (Å²) >= 11 is 0. The Balaban J connectivity index is 5.55. The molecule has 0 heterocycles. The molecule has 0 aromatic rings. The summed E-state index contributed by atoms with van der Waals surface area (Å²) in [6.45, 7) is 6.94. The minimum atomic E-state index is -1.55. The largest absolute Gasteiger partial charge is 0.481 e. The summed E-state index contributed by atoms with van der Waals surface area (Å²) in [6, 6.07) is -4.95. The third kappa shape index (κ3) is 11.1. The number of nitrogens with one attached hydrogen (secondary N) is 3. The van der Waals surface area contributed by atoms with Crippen LogP contribution in [0.15, 0.2) is 0 Å². The Labute approximate surface area is 197 Å². The summed E-state index contributed by atoms with van der Waals surface area (Å²) < 4.78 is 0. The number of rotatable bonds is 16. The molecule has 5 atom stereocenters. The second-order valence-electron chi connectivity index (χ2n) is 8.47. The minimum absolute atomic E-state index is 0.149. The molecule has 0 aliphatic heterocycles. The maximum Gasteiger partial charge on any atom is 0.326 e. The quantitative estimate of drug-likeness (QED) is 0.144. The van der Waals surface area contributed by atoms with Gasteiger partial charge in [0.2, 0.25) is 17.7 Å². The predicted octanol–water partition coefficient (Wildman–Crippen LogP) is -0.716. The van der Waals surface area contributed by atoms with Crippen molar-refractivity contribution in [3.05, 3.63) is 0 Å². The van der Waals surface area contributed by atoms with E-state index in [1.54, 1.807) is 20.8 Å². The van der Waals surface area contributed by atoms with Gasteiger partial charge in [-0.1, -0.05) is 34.1 Å². The molecule has 194 valence electrons. The van der Waals surface area contributed by atoms with Crippen molar-refractivity contribution in [2.75, 3.05) is 0 Å². The Kier molecular flexibility index (Phi) is 13.4. The molecule has 0 saturated carbocycles. The summed E-state index contributed by atoms with van der Waals surface area (Å²) in [5.41, 5.74) is 5.91. The lowest BCUT2D eigenvalue weighted by Crippen LogP contribution is -2.59. The van der Waals surface area contributed by atoms with Crippen molar-refractivity contribution in [1.82, 2.24) is 16.0 Å². The van der Waals surface area contributed by atoms with Crippen molar-refractivity contribution in [2.24, 2.45) is 17.6 Å². The van der Waals surface area contributed by atoms with Gasteiger partial charge in [-0.15, -0.1) is 0 Å². The summed E-state index contributed by atoms with van der Waals surface area (Å²) in [5, 5.41) is 34.0. The van der Waals surface area contributed by atoms with Gasteiger partial charge in [0, 0.05) is 12.8 Å². The van der Waals surface area contributed by atoms with Crippen LogP contribution in [0.3, 0.4) is 0 Å². The van der Waals surface area contributed by atoms with Gasteiger partial charge in [-0.25, -0.2) is 4.79 Å². The molecule has 0 aliphatic rings. The van der Waals surface area contributed by atoms with Gasteiger partial charge in [0.05, 0.1) is 6.04 Å². The molecule has 0 aliphatic carbocycles. The van der Waals surface area contributed by atoms with Crippen LogP contribution in [0.1, 0.15) is 59.8 Å². The lowest BCUT2D eigenvalue weighted by Gasteiger charge is -2.27. The van der Waals surface area contributed by atoms with Crippen molar-refractivity contribution in [1.29, 1.82) is 0 Å². The van der Waals surface area contributed by atoms with Crippen LogP contribution in [0.5, 0.6) is 0 Å². The van der Waals surface area contributed by atoms with E-state index >= 15 is 0 Å². The highest BCUT2D eigenvalue weighted by molar-refractivity contribution is 5.94. The minimum Gasteiger partial charge on any atom is -0.481 e. The van der Waals surface area contributed by atoms with Crippen LogP contribution in [-0.2, 0) is 28.8 Å². The van der Waals surface area contributed by atoms with E-state index in [0.717, 1.165) is 0 Å². The normalized spacial score (nSPS) is 15.4. The van der Waals surface area contributed by atoms with Crippen LogP contribution >= 0.6 is 0 Å². The monoisotopic (exact) mass is 488 g/mol. The van der Waals surface area contributed by atoms with Gasteiger partial charge in [0.1, 0.15) is 18.1 Å². The van der Waals surface area contributed by atoms with E-state index in [-0.39, 0.29) is 12.3 Å². The molecule has 0 rings (SSSR count). The zero-order valence-corrected chi connectivity index (χ0v) is 19.9. The number of amides is 3. The van der Waals surface area contributed by atoms with Crippen LogP contribution < -0.4 is 21.7 Å². The van der Waals surface area contributed by atoms with Crippen LogP contribution in [-0.4, -0.2) is 75.1 Å². The molecule has 0 aromatic heterocycles. The molecular weight excluding hydrogens is 452 g/mol. The SMILES string of the molecule is CCC(C)C(N)C(=O)NC(C(=O)NC(CCC(=O)O)C(=O)NC(CCC(=O)O)C(=O)O)C(C)C. The van der Waals surface area contributed by atoms with E-state index in [1.165, 1.54) is 0 Å². The Hall–Kier alpha value is -3.22. The summed E-state index contributed by atoms with van der Waals surface area (Å²) in [4.78, 5) is 71.1. The van der Waals surface area contributed by atoms with Gasteiger partial charge in [-0.3, -0.25) is 24.0 Å². The average molecular weight is 489 g/mol. The highest BCUT2D eigenvalue weighted by Gasteiger charge is 2.32. The van der Waals surface area contributed by atoms with E-state index < -0.39 is 85.0 Å². The molecule has 0 saturated heterocycles. The number of hydrogen-bond acceptors (Lipinski definition) is 7. The van der Waals surface area contributed by atoms with E-state index in [9.17, 15) is 33.9 Å². The number of carbonyl (C=O) groups excluding carboxylic acids is 3. The molecule has 8 N–H and O–H groups in total. The molecule has 13 nitrogen and oxygen atoms in total. The lowest BCUT2D eigenvalue weighted by atomic mass is 9.97. The maximum atomic E-state index is 12.9. The van der Waals surface area contributed by atoms with Gasteiger partial charge in [-0.05, 0) is 24.7 Å². The average Bonchev–Trinajstić information content (AvgIpc) is 2.75. The van der Waals surface area contributed by atoms with E-state index in [4.69, 9.17) is 15.9 Å². The molecule has 34 heavy (non-hydrogen) atoms. The van der Waals surface area contributed by atoms with Gasteiger partial charge in [0.15, 0.2) is 0 Å². The molecule has 0 fully saturated rings. The summed E-state index contributed by atoms with van der Waals surface area (Å²) in [6.07, 6.45) is -1.17. The number of hydrogen-bond donors (Lipinski definition) is 7. The summed E-state index contributed by atoms with van der Waals surface area (Å²) in [7, 11) is 0. The third-order valence-corrected chi connectivity index (χ3v) is 5.35. The van der Waals surface area contributed by atoms with Crippen LogP contribution in [0.4, 0.5) is 0 Å². The Morgan fingerprint density at radius 3 is 1.62 bits per heavy atom. The smallest absolute Gasteiger partial charge is 0.326 e. The predicted molar refractivity (Wildman–Crippen MR) is 119 cm³/mol. The van der Waals surface area contributed by atoms with Crippen LogP contribution in [0.25, 0.3) is 0 Å². The highest BCUT2D eigenvalue weighted by Crippen LogP contribution is 2.09. The number of aliphatic carboxylic acids is 3. The van der Waals surface area contributed by atoms with E-state index in [0.29, 0.717) is 6.42 Å². The second-order valence-corrected chi connectivity index (χ2v) is 8.47. The van der Waals surface area contributed by atoms with Gasteiger partial charge in [0.25, 0.3) is 0 Å². The zero-order valence-electron chi connectivity index (χ0n) is 19.9. The third-order valence-electron chi connectivity index (χ3n) is 5.35. The van der Waals surface area contributed by atoms with Crippen molar-refractivity contribution in [2.45, 2.75) is 84.0 Å². The van der Waals surface area contributed by atoms with Crippen LogP contribution in [0.2, 0.25) is 0 Å². The van der Waals surface area contributed by atoms with E-state index in [2.05, 4.69) is 16.0 Å². The first-order valence-corrected chi connectivity index (χ1v) is 11.0. The number of carboxylic acids is 3. The van der Waals surface area contributed by atoms with Gasteiger partial charge in [-0.2, -0.15) is 0 Å². The van der Waals surface area contributed by atoms with E-state index in [1.807, 2.05) is 6.92 Å². The molecule has 0 bridgehead atoms. The highest BCUT2D eigenvalue weighted by atomic mass is 16.4. The van der Waals surface area contributed by atoms with Crippen molar-refractivity contribution < 1.29 is 44.1 Å². The summed E-state index contributed by atoms with van der Waals surface area (Å²) in [5.74, 6) is -6.88. The fourth-order valence-electron chi connectivity index (χ4n) is 2.89. The Morgan fingerprint density at radius 2 is 1.21 bits per heavy atom. The zero-order chi connectivity index (χ0) is 26.6. The molecule has 13 heteroatoms. The topological polar surface area (TPSA) is 225 Å². The number of nitrogens with two attached hydrogens (primary N) is 1. The molecule has 0 spiro atoms. The first-order valence-electron chi connectivity index (χ1n) is 11.0. The standard InChI is InChI=1S/C21H36N4O9/c1-5-11(4)16(22)19(31)25-17(10(2)3)20(32)23-12(6-8-14(26)27)18(30)24-13(21(33)34)7-9-15(28)29/h10-13,16-17H,5-9,22H2,1-4H3,(H,23,32)(H,24,30)(H,25,31)(H,26,27)(H,28,29)(H,33,34). The lowest BCUT2D eigenvalue weighted by molar-refractivity contribution is -0.144. The number of carboxylic acid groups (broad SMARTS) is 3. The molecule has 5 unspecified atom stereocenters. The number of carbonyl (C=O) groups is 6. The van der Waals surface area contributed by atoms with Crippen molar-refractivity contribution in [3.63, 3.8) is 0 Å². The Bertz CT molecular complexity index is 757. The van der Waals surface area contributed by atoms with Gasteiger partial charge < -0.3 is 37.0 Å². The first-order chi connectivity index (χ1) is 15.7. The second kappa shape index (κ2) is 14.8. The molecule has 0 radical (unpaired) electrons. The molecule has 0 aromatic carbocycles. The fraction of sp³-hybridized carbons (Fsp3) is 0.714. The van der Waals surface area contributed by atoms with Crippen molar-refractivity contribution in [3.8, 4) is 0 Å². The molecular formula is C21H36N4O9. The van der Waals surface area contributed by atoms with Crippen molar-refractivity contribution >= 4 is 35.6 Å². The van der Waals surface area contributed by atoms with Crippen LogP contribution in [0, 0.1) is 11.8 Å².